The zero-order valence-electron chi connectivity index (χ0n) is 23.1. The van der Waals surface area contributed by atoms with Gasteiger partial charge >= 0.3 is 0 Å². The molecule has 38 heavy (non-hydrogen) atoms. The molecule has 2 saturated carbocycles. The Balaban J connectivity index is 1.65. The Morgan fingerprint density at radius 1 is 1.00 bits per heavy atom. The molecule has 4 fully saturated rings. The number of carbonyl (C=O) groups excluding carboxylic acids is 1. The van der Waals surface area contributed by atoms with E-state index in [0.29, 0.717) is 12.0 Å². The van der Waals surface area contributed by atoms with Crippen LogP contribution in [0.15, 0.2) is 41.5 Å². The van der Waals surface area contributed by atoms with Gasteiger partial charge in [-0.1, -0.05) is 51.1 Å². The Bertz CT molecular complexity index is 1180. The van der Waals surface area contributed by atoms with E-state index in [4.69, 9.17) is 18.9 Å². The lowest BCUT2D eigenvalue weighted by Gasteiger charge is -2.63. The summed E-state index contributed by atoms with van der Waals surface area (Å²) >= 11 is 0. The van der Waals surface area contributed by atoms with Gasteiger partial charge in [-0.3, -0.25) is 4.79 Å². The number of ether oxygens (including phenoxy) is 4. The molecule has 1 unspecified atom stereocenters. The van der Waals surface area contributed by atoms with E-state index < -0.39 is 71.0 Å². The first kappa shape index (κ1) is 26.6. The number of hydrogen-bond acceptors (Lipinski definition) is 8. The number of aliphatic hydroxyl groups is 3. The fraction of sp³-hybridized carbons (Fsp3) is 0.700. The summed E-state index contributed by atoms with van der Waals surface area (Å²) in [6.07, 6.45) is -3.11. The third-order valence-electron chi connectivity index (χ3n) is 10.5. The van der Waals surface area contributed by atoms with E-state index in [2.05, 4.69) is 0 Å². The van der Waals surface area contributed by atoms with E-state index in [1.54, 1.807) is 0 Å². The minimum absolute atomic E-state index is 0.0507. The number of ketones is 1. The molecule has 1 aromatic rings. The summed E-state index contributed by atoms with van der Waals surface area (Å²) in [7, 11) is 0. The highest BCUT2D eigenvalue weighted by molar-refractivity contribution is 5.98. The minimum atomic E-state index is -1.91. The maximum atomic E-state index is 13.8. The van der Waals surface area contributed by atoms with Crippen LogP contribution in [0.25, 0.3) is 0 Å². The predicted molar refractivity (Wildman–Crippen MR) is 137 cm³/mol. The summed E-state index contributed by atoms with van der Waals surface area (Å²) in [4.78, 5) is 13.8. The predicted octanol–water partition coefficient (Wildman–Crippen LogP) is 3.19. The van der Waals surface area contributed by atoms with Crippen LogP contribution in [-0.4, -0.2) is 69.1 Å². The third-order valence-corrected chi connectivity index (χ3v) is 10.5. The molecule has 1 spiro atoms. The first-order chi connectivity index (χ1) is 17.7. The highest BCUT2D eigenvalue weighted by atomic mass is 16.8. The Hall–Kier alpha value is -1.65. The van der Waals surface area contributed by atoms with Crippen LogP contribution in [0.1, 0.15) is 72.7 Å². The maximum Gasteiger partial charge on any atom is 0.185 e. The summed E-state index contributed by atoms with van der Waals surface area (Å²) in [6, 6.07) is 9.54. The van der Waals surface area contributed by atoms with E-state index in [1.807, 2.05) is 71.9 Å². The molecule has 8 nitrogen and oxygen atoms in total. The highest BCUT2D eigenvalue weighted by Gasteiger charge is 2.76. The Labute approximate surface area is 223 Å². The van der Waals surface area contributed by atoms with Gasteiger partial charge in [0.1, 0.15) is 17.3 Å². The number of fused-ring (bicyclic) bond motifs is 6. The van der Waals surface area contributed by atoms with Crippen LogP contribution in [0.4, 0.5) is 0 Å². The van der Waals surface area contributed by atoms with Gasteiger partial charge in [0.05, 0.1) is 24.9 Å². The van der Waals surface area contributed by atoms with E-state index in [9.17, 15) is 20.1 Å². The zero-order chi connectivity index (χ0) is 27.5. The van der Waals surface area contributed by atoms with Crippen LogP contribution in [0, 0.1) is 16.7 Å². The number of hydrogen-bond donors (Lipinski definition) is 3. The fourth-order valence-electron chi connectivity index (χ4n) is 8.50. The fourth-order valence-corrected chi connectivity index (χ4v) is 8.50. The molecule has 208 valence electrons. The molecule has 5 aliphatic rings. The highest BCUT2D eigenvalue weighted by Crippen LogP contribution is 2.68. The lowest BCUT2D eigenvalue weighted by molar-refractivity contribution is -0.265. The van der Waals surface area contributed by atoms with Crippen LogP contribution < -0.4 is 0 Å². The van der Waals surface area contributed by atoms with Crippen molar-refractivity contribution in [3.8, 4) is 0 Å². The normalized spacial score (nSPS) is 47.1. The Kier molecular flexibility index (Phi) is 5.73. The van der Waals surface area contributed by atoms with Gasteiger partial charge < -0.3 is 34.3 Å². The largest absolute Gasteiger partial charge is 0.393 e. The summed E-state index contributed by atoms with van der Waals surface area (Å²) in [6.45, 7) is 11.0. The number of benzene rings is 1. The van der Waals surface area contributed by atoms with Crippen molar-refractivity contribution < 1.29 is 39.1 Å². The third kappa shape index (κ3) is 3.25. The molecular weight excluding hydrogens is 488 g/mol. The Morgan fingerprint density at radius 2 is 1.68 bits per heavy atom. The van der Waals surface area contributed by atoms with Crippen molar-refractivity contribution in [3.05, 3.63) is 47.0 Å². The van der Waals surface area contributed by atoms with Gasteiger partial charge in [0.2, 0.25) is 0 Å². The lowest BCUT2D eigenvalue weighted by Crippen LogP contribution is -2.74. The van der Waals surface area contributed by atoms with Crippen LogP contribution in [0.5, 0.6) is 0 Å². The number of aliphatic hydroxyl groups excluding tert-OH is 2. The van der Waals surface area contributed by atoms with E-state index >= 15 is 0 Å². The van der Waals surface area contributed by atoms with Crippen molar-refractivity contribution in [2.75, 3.05) is 6.61 Å². The minimum Gasteiger partial charge on any atom is -0.393 e. The van der Waals surface area contributed by atoms with Crippen LogP contribution in [-0.2, 0) is 23.7 Å². The van der Waals surface area contributed by atoms with Gasteiger partial charge in [0.15, 0.2) is 17.9 Å². The van der Waals surface area contributed by atoms with Gasteiger partial charge in [-0.2, -0.15) is 0 Å². The molecule has 2 saturated heterocycles. The van der Waals surface area contributed by atoms with Gasteiger partial charge in [-0.25, -0.2) is 0 Å². The van der Waals surface area contributed by atoms with E-state index in [-0.39, 0.29) is 18.6 Å². The molecule has 2 aliphatic heterocycles. The number of carbonyl (C=O) groups is 1. The number of Topliss-reactive ketones (excluding diaryl/α,β-unsaturated/α-hetero) is 1. The molecule has 6 rings (SSSR count). The second-order valence-corrected chi connectivity index (χ2v) is 13.2. The smallest absolute Gasteiger partial charge is 0.185 e. The zero-order valence-corrected chi connectivity index (χ0v) is 23.1. The van der Waals surface area contributed by atoms with Crippen LogP contribution >= 0.6 is 0 Å². The van der Waals surface area contributed by atoms with E-state index in [0.717, 1.165) is 11.1 Å². The van der Waals surface area contributed by atoms with Crippen molar-refractivity contribution in [1.29, 1.82) is 0 Å². The molecule has 2 bridgehead atoms. The van der Waals surface area contributed by atoms with Gasteiger partial charge in [-0.05, 0) is 44.8 Å². The SMILES string of the molecule is CC1=C2[C@H]3OC(C)(C)O[C@@H]3[C@]3(C)CC[C@H](O)[C@@](O)(CO)[C@H]3[C@@H]3OC(c4ccccc4)O[C@@]3(CC1=O)C2(C)C. The molecule has 0 radical (unpaired) electrons. The van der Waals surface area contributed by atoms with Crippen LogP contribution in [0.3, 0.4) is 0 Å². The molecule has 2 heterocycles. The summed E-state index contributed by atoms with van der Waals surface area (Å²) < 4.78 is 26.9. The first-order valence-electron chi connectivity index (χ1n) is 13.7. The molecule has 0 aromatic heterocycles. The van der Waals surface area contributed by atoms with Crippen molar-refractivity contribution in [2.45, 2.75) is 108 Å². The van der Waals surface area contributed by atoms with Gasteiger partial charge in [0.25, 0.3) is 0 Å². The molecular formula is C30H40O8. The molecule has 3 aliphatic carbocycles. The standard InChI is InChI=1S/C30H40O8/c1-16-18(32)14-30-24(35-25(38-30)17-10-8-7-9-11-17)22-28(6,13-12-19(33)29(22,34)15-31)23-21(20(16)26(30,2)3)36-27(4,5)37-23/h7-11,19,21-25,31,33-34H,12-15H2,1-6H3/t19-,21+,22-,23-,24-,25?,28+,29-,30+/m0/s1. The first-order valence-corrected chi connectivity index (χ1v) is 13.7. The maximum absolute atomic E-state index is 13.8. The van der Waals surface area contributed by atoms with Gasteiger partial charge in [-0.15, -0.1) is 0 Å². The average molecular weight is 529 g/mol. The second-order valence-electron chi connectivity index (χ2n) is 13.2. The molecule has 3 N–H and O–H groups in total. The van der Waals surface area contributed by atoms with Gasteiger partial charge in [0, 0.05) is 28.7 Å². The van der Waals surface area contributed by atoms with Crippen molar-refractivity contribution in [3.63, 3.8) is 0 Å². The van der Waals surface area contributed by atoms with Crippen molar-refractivity contribution in [2.24, 2.45) is 16.7 Å². The van der Waals surface area contributed by atoms with E-state index in [1.165, 1.54) is 0 Å². The van der Waals surface area contributed by atoms with Crippen molar-refractivity contribution in [1.82, 2.24) is 0 Å². The monoisotopic (exact) mass is 528 g/mol. The summed E-state index contributed by atoms with van der Waals surface area (Å²) in [5.41, 5.74) is -2.37. The van der Waals surface area contributed by atoms with Crippen LogP contribution in [0.2, 0.25) is 0 Å². The summed E-state index contributed by atoms with van der Waals surface area (Å²) in [5.74, 6) is -1.84. The number of rotatable bonds is 2. The topological polar surface area (TPSA) is 115 Å². The second kappa shape index (κ2) is 8.19. The lowest BCUT2D eigenvalue weighted by atomic mass is 9.46. The number of allylic oxidation sites excluding steroid dienone is 1. The molecule has 1 aromatic carbocycles. The molecule has 9 atom stereocenters. The quantitative estimate of drug-likeness (QED) is 0.536. The van der Waals surface area contributed by atoms with Crippen molar-refractivity contribution >= 4 is 5.78 Å². The molecule has 0 amide bonds. The average Bonchev–Trinajstić information content (AvgIpc) is 3.39. The summed E-state index contributed by atoms with van der Waals surface area (Å²) in [5, 5.41) is 34.0. The Morgan fingerprint density at radius 3 is 2.34 bits per heavy atom. The molecule has 8 heteroatoms.